The summed E-state index contributed by atoms with van der Waals surface area (Å²) < 4.78 is 29.9. The van der Waals surface area contributed by atoms with Crippen LogP contribution in [0.2, 0.25) is 0 Å². The Labute approximate surface area is 122 Å². The van der Waals surface area contributed by atoms with Crippen molar-refractivity contribution in [1.29, 1.82) is 0 Å². The van der Waals surface area contributed by atoms with Gasteiger partial charge < -0.3 is 10.1 Å². The van der Waals surface area contributed by atoms with Gasteiger partial charge in [0.05, 0.1) is 10.1 Å². The number of hydrogen-bond donors (Lipinski definition) is 1. The summed E-state index contributed by atoms with van der Waals surface area (Å²) in [7, 11) is -3.25. The second-order valence-corrected chi connectivity index (χ2v) is 7.29. The van der Waals surface area contributed by atoms with Crippen LogP contribution in [-0.4, -0.2) is 40.0 Å². The van der Waals surface area contributed by atoms with E-state index in [9.17, 15) is 8.42 Å². The minimum atomic E-state index is -3.25. The Bertz CT molecular complexity index is 482. The van der Waals surface area contributed by atoms with Crippen LogP contribution in [0.15, 0.2) is 29.2 Å². The molecule has 0 amide bonds. The molecule has 20 heavy (non-hydrogen) atoms. The Morgan fingerprint density at radius 1 is 1.25 bits per heavy atom. The van der Waals surface area contributed by atoms with E-state index in [0.717, 1.165) is 25.1 Å². The maximum Gasteiger partial charge on any atom is 0.182 e. The molecule has 114 valence electrons. The van der Waals surface area contributed by atoms with Gasteiger partial charge in [-0.1, -0.05) is 17.7 Å². The Morgan fingerprint density at radius 3 is 2.50 bits per heavy atom. The summed E-state index contributed by atoms with van der Waals surface area (Å²) in [4.78, 5) is 0.395. The predicted molar refractivity (Wildman–Crippen MR) is 81.8 cm³/mol. The van der Waals surface area contributed by atoms with Gasteiger partial charge in [0.15, 0.2) is 9.84 Å². The van der Waals surface area contributed by atoms with E-state index in [1.165, 1.54) is 0 Å². The SMILES string of the molecule is CCOCCCNCC(C)S(=O)(=O)c1ccc(C)cc1. The monoisotopic (exact) mass is 299 g/mol. The number of benzene rings is 1. The minimum Gasteiger partial charge on any atom is -0.382 e. The Kier molecular flexibility index (Phi) is 7.19. The van der Waals surface area contributed by atoms with E-state index in [1.54, 1.807) is 19.1 Å². The summed E-state index contributed by atoms with van der Waals surface area (Å²) in [5.41, 5.74) is 1.06. The Balaban J connectivity index is 2.45. The molecule has 0 bridgehead atoms. The van der Waals surface area contributed by atoms with E-state index in [0.29, 0.717) is 18.0 Å². The van der Waals surface area contributed by atoms with E-state index >= 15 is 0 Å². The molecule has 0 saturated heterocycles. The molecule has 0 aromatic heterocycles. The third kappa shape index (κ3) is 5.23. The fraction of sp³-hybridized carbons (Fsp3) is 0.600. The maximum absolute atomic E-state index is 12.3. The number of nitrogens with one attached hydrogen (secondary N) is 1. The first-order valence-electron chi connectivity index (χ1n) is 7.07. The quantitative estimate of drug-likeness (QED) is 0.710. The summed E-state index contributed by atoms with van der Waals surface area (Å²) in [5, 5.41) is 2.74. The lowest BCUT2D eigenvalue weighted by Gasteiger charge is -2.14. The van der Waals surface area contributed by atoms with Crippen molar-refractivity contribution in [2.24, 2.45) is 0 Å². The zero-order valence-corrected chi connectivity index (χ0v) is 13.4. The van der Waals surface area contributed by atoms with Crippen molar-refractivity contribution < 1.29 is 13.2 Å². The van der Waals surface area contributed by atoms with Crippen LogP contribution in [0.4, 0.5) is 0 Å². The lowest BCUT2D eigenvalue weighted by molar-refractivity contribution is 0.145. The van der Waals surface area contributed by atoms with Gasteiger partial charge in [-0.3, -0.25) is 0 Å². The molecule has 1 N–H and O–H groups in total. The molecule has 0 aliphatic carbocycles. The summed E-state index contributed by atoms with van der Waals surface area (Å²) >= 11 is 0. The highest BCUT2D eigenvalue weighted by molar-refractivity contribution is 7.92. The normalized spacial score (nSPS) is 13.3. The number of rotatable bonds is 9. The lowest BCUT2D eigenvalue weighted by Crippen LogP contribution is -2.32. The van der Waals surface area contributed by atoms with Crippen LogP contribution in [-0.2, 0) is 14.6 Å². The minimum absolute atomic E-state index is 0.395. The highest BCUT2D eigenvalue weighted by Crippen LogP contribution is 2.16. The van der Waals surface area contributed by atoms with Crippen molar-refractivity contribution >= 4 is 9.84 Å². The molecule has 5 heteroatoms. The standard InChI is InChI=1S/C15H25NO3S/c1-4-19-11-5-10-16-12-14(3)20(17,18)15-8-6-13(2)7-9-15/h6-9,14,16H,4-5,10-12H2,1-3H3. The average Bonchev–Trinajstić information content (AvgIpc) is 2.43. The molecule has 0 fully saturated rings. The molecule has 0 radical (unpaired) electrons. The van der Waals surface area contributed by atoms with Crippen molar-refractivity contribution in [3.8, 4) is 0 Å². The molecule has 4 nitrogen and oxygen atoms in total. The number of hydrogen-bond acceptors (Lipinski definition) is 4. The van der Waals surface area contributed by atoms with Crippen molar-refractivity contribution in [3.05, 3.63) is 29.8 Å². The molecule has 0 aliphatic heterocycles. The van der Waals surface area contributed by atoms with E-state index < -0.39 is 15.1 Å². The van der Waals surface area contributed by atoms with Crippen molar-refractivity contribution in [2.45, 2.75) is 37.3 Å². The van der Waals surface area contributed by atoms with Gasteiger partial charge >= 0.3 is 0 Å². The molecular weight excluding hydrogens is 274 g/mol. The molecule has 1 rings (SSSR count). The molecule has 1 aromatic rings. The molecule has 1 aromatic carbocycles. The zero-order chi connectivity index (χ0) is 15.0. The van der Waals surface area contributed by atoms with E-state index in [1.807, 2.05) is 26.0 Å². The second kappa shape index (κ2) is 8.39. The van der Waals surface area contributed by atoms with Gasteiger partial charge in [-0.2, -0.15) is 0 Å². The van der Waals surface area contributed by atoms with Crippen LogP contribution in [0.5, 0.6) is 0 Å². The summed E-state index contributed by atoms with van der Waals surface area (Å²) in [6, 6.07) is 7.01. The number of sulfone groups is 1. The fourth-order valence-electron chi connectivity index (χ4n) is 1.82. The van der Waals surface area contributed by atoms with Crippen molar-refractivity contribution in [1.82, 2.24) is 5.32 Å². The molecule has 0 heterocycles. The van der Waals surface area contributed by atoms with Crippen LogP contribution in [0.1, 0.15) is 25.8 Å². The highest BCUT2D eigenvalue weighted by atomic mass is 32.2. The average molecular weight is 299 g/mol. The summed E-state index contributed by atoms with van der Waals surface area (Å²) in [6.07, 6.45) is 0.894. The van der Waals surface area contributed by atoms with E-state index in [-0.39, 0.29) is 0 Å². The predicted octanol–water partition coefficient (Wildman–Crippen LogP) is 2.17. The molecule has 1 unspecified atom stereocenters. The van der Waals surface area contributed by atoms with Gasteiger partial charge in [-0.15, -0.1) is 0 Å². The first-order valence-corrected chi connectivity index (χ1v) is 8.62. The maximum atomic E-state index is 12.3. The summed E-state index contributed by atoms with van der Waals surface area (Å²) in [6.45, 7) is 8.31. The smallest absolute Gasteiger partial charge is 0.182 e. The summed E-state index contributed by atoms with van der Waals surface area (Å²) in [5.74, 6) is 0. The van der Waals surface area contributed by atoms with Crippen LogP contribution < -0.4 is 5.32 Å². The molecule has 0 spiro atoms. The van der Waals surface area contributed by atoms with Crippen LogP contribution in [0.25, 0.3) is 0 Å². The molecule has 1 atom stereocenters. The highest BCUT2D eigenvalue weighted by Gasteiger charge is 2.22. The molecule has 0 saturated carbocycles. The van der Waals surface area contributed by atoms with Gasteiger partial charge in [0.2, 0.25) is 0 Å². The number of ether oxygens (including phenoxy) is 1. The van der Waals surface area contributed by atoms with Crippen LogP contribution in [0.3, 0.4) is 0 Å². The Morgan fingerprint density at radius 2 is 1.90 bits per heavy atom. The zero-order valence-electron chi connectivity index (χ0n) is 12.6. The van der Waals surface area contributed by atoms with Gasteiger partial charge in [0, 0.05) is 19.8 Å². The third-order valence-electron chi connectivity index (χ3n) is 3.16. The van der Waals surface area contributed by atoms with Gasteiger partial charge in [-0.25, -0.2) is 8.42 Å². The van der Waals surface area contributed by atoms with Crippen molar-refractivity contribution in [3.63, 3.8) is 0 Å². The van der Waals surface area contributed by atoms with Gasteiger partial charge in [-0.05, 0) is 45.9 Å². The van der Waals surface area contributed by atoms with Crippen LogP contribution >= 0.6 is 0 Å². The third-order valence-corrected chi connectivity index (χ3v) is 5.31. The lowest BCUT2D eigenvalue weighted by atomic mass is 10.2. The molecule has 0 aliphatic rings. The fourth-order valence-corrected chi connectivity index (χ4v) is 3.14. The Hall–Kier alpha value is -0.910. The van der Waals surface area contributed by atoms with E-state index in [2.05, 4.69) is 5.32 Å². The number of aryl methyl sites for hydroxylation is 1. The molecular formula is C15H25NO3S. The topological polar surface area (TPSA) is 55.4 Å². The van der Waals surface area contributed by atoms with Crippen LogP contribution in [0, 0.1) is 6.92 Å². The first-order chi connectivity index (χ1) is 9.48. The van der Waals surface area contributed by atoms with Gasteiger partial charge in [0.25, 0.3) is 0 Å². The largest absolute Gasteiger partial charge is 0.382 e. The van der Waals surface area contributed by atoms with Crippen molar-refractivity contribution in [2.75, 3.05) is 26.3 Å². The first kappa shape index (κ1) is 17.1. The second-order valence-electron chi connectivity index (χ2n) is 4.92. The van der Waals surface area contributed by atoms with Gasteiger partial charge in [0.1, 0.15) is 0 Å². The van der Waals surface area contributed by atoms with E-state index in [4.69, 9.17) is 4.74 Å².